The van der Waals surface area contributed by atoms with Crippen LogP contribution < -0.4 is 19.9 Å². The zero-order valence-electron chi connectivity index (χ0n) is 13.5. The van der Waals surface area contributed by atoms with Crippen molar-refractivity contribution < 1.29 is 9.53 Å². The van der Waals surface area contributed by atoms with Crippen LogP contribution >= 0.6 is 0 Å². The van der Waals surface area contributed by atoms with Crippen LogP contribution in [0.5, 0.6) is 6.01 Å². The summed E-state index contributed by atoms with van der Waals surface area (Å²) in [7, 11) is 7.37. The molecule has 0 aliphatic carbocycles. The Morgan fingerprint density at radius 1 is 1.13 bits per heavy atom. The Hall–Kier alpha value is -2.97. The van der Waals surface area contributed by atoms with Crippen molar-refractivity contribution in [3.05, 3.63) is 24.7 Å². The number of carbonyl (C=O) groups excluding carboxylic acids is 1. The van der Waals surface area contributed by atoms with Gasteiger partial charge in [0.05, 0.1) is 6.20 Å². The second-order valence-corrected chi connectivity index (χ2v) is 5.06. The van der Waals surface area contributed by atoms with Crippen LogP contribution in [0.3, 0.4) is 0 Å². The molecular formula is C14H19N7O2. The lowest BCUT2D eigenvalue weighted by atomic mass is 10.4. The number of anilines is 3. The molecule has 9 heteroatoms. The maximum atomic E-state index is 12.0. The van der Waals surface area contributed by atoms with E-state index >= 15 is 0 Å². The molecule has 0 atom stereocenters. The molecule has 122 valence electrons. The quantitative estimate of drug-likeness (QED) is 0.818. The monoisotopic (exact) mass is 317 g/mol. The Morgan fingerprint density at radius 3 is 2.43 bits per heavy atom. The van der Waals surface area contributed by atoms with Gasteiger partial charge in [0, 0.05) is 40.6 Å². The predicted molar refractivity (Wildman–Crippen MR) is 86.8 cm³/mol. The summed E-state index contributed by atoms with van der Waals surface area (Å²) in [4.78, 5) is 32.0. The van der Waals surface area contributed by atoms with Crippen LogP contribution in [0.4, 0.5) is 17.5 Å². The first-order chi connectivity index (χ1) is 11.0. The molecule has 9 nitrogen and oxygen atoms in total. The minimum absolute atomic E-state index is 0.148. The Labute approximate surface area is 134 Å². The molecule has 1 N–H and O–H groups in total. The van der Waals surface area contributed by atoms with Crippen molar-refractivity contribution in [2.75, 3.05) is 49.9 Å². The molecule has 2 aromatic heterocycles. The fraction of sp³-hybridized carbons (Fsp3) is 0.357. The number of carbonyl (C=O) groups is 1. The Balaban J connectivity index is 2.05. The van der Waals surface area contributed by atoms with Gasteiger partial charge in [0.1, 0.15) is 5.69 Å². The van der Waals surface area contributed by atoms with Gasteiger partial charge in [-0.1, -0.05) is 0 Å². The molecule has 0 aliphatic rings. The van der Waals surface area contributed by atoms with Crippen LogP contribution in [0.2, 0.25) is 0 Å². The standard InChI is InChI=1S/C14H19N7O2/c1-20(2)12-10(8-17-13(19-12)21(3)4)18-11(22)9-23-14-15-6-5-7-16-14/h5-8H,9H2,1-4H3,(H,18,22). The number of rotatable bonds is 6. The number of nitrogens with zero attached hydrogens (tertiary/aromatic N) is 6. The molecule has 0 saturated heterocycles. The highest BCUT2D eigenvalue weighted by Gasteiger charge is 2.13. The van der Waals surface area contributed by atoms with Crippen molar-refractivity contribution in [1.82, 2.24) is 19.9 Å². The Kier molecular flexibility index (Phi) is 5.23. The van der Waals surface area contributed by atoms with Crippen molar-refractivity contribution in [1.29, 1.82) is 0 Å². The number of ether oxygens (including phenoxy) is 1. The molecule has 23 heavy (non-hydrogen) atoms. The SMILES string of the molecule is CN(C)c1ncc(NC(=O)COc2ncccn2)c(N(C)C)n1. The minimum atomic E-state index is -0.346. The second-order valence-electron chi connectivity index (χ2n) is 5.06. The maximum Gasteiger partial charge on any atom is 0.316 e. The van der Waals surface area contributed by atoms with Crippen LogP contribution in [0.1, 0.15) is 0 Å². The summed E-state index contributed by atoms with van der Waals surface area (Å²) in [5, 5.41) is 2.72. The van der Waals surface area contributed by atoms with E-state index in [4.69, 9.17) is 4.74 Å². The molecule has 0 aliphatic heterocycles. The fourth-order valence-electron chi connectivity index (χ4n) is 1.68. The van der Waals surface area contributed by atoms with E-state index in [-0.39, 0.29) is 18.5 Å². The van der Waals surface area contributed by atoms with Crippen LogP contribution in [-0.2, 0) is 4.79 Å². The molecule has 0 fully saturated rings. The molecular weight excluding hydrogens is 298 g/mol. The van der Waals surface area contributed by atoms with Gasteiger partial charge < -0.3 is 19.9 Å². The summed E-state index contributed by atoms with van der Waals surface area (Å²) in [5.74, 6) is 0.815. The Bertz CT molecular complexity index is 661. The first-order valence-electron chi connectivity index (χ1n) is 6.88. The van der Waals surface area contributed by atoms with Crippen molar-refractivity contribution in [3.8, 4) is 6.01 Å². The zero-order chi connectivity index (χ0) is 16.8. The van der Waals surface area contributed by atoms with E-state index in [1.807, 2.05) is 28.2 Å². The third kappa shape index (κ3) is 4.50. The first-order valence-corrected chi connectivity index (χ1v) is 6.88. The van der Waals surface area contributed by atoms with Crippen molar-refractivity contribution >= 4 is 23.4 Å². The van der Waals surface area contributed by atoms with Gasteiger partial charge in [-0.15, -0.1) is 0 Å². The van der Waals surface area contributed by atoms with Crippen LogP contribution in [-0.4, -0.2) is 60.6 Å². The molecule has 1 amide bonds. The fourth-order valence-corrected chi connectivity index (χ4v) is 1.68. The lowest BCUT2D eigenvalue weighted by Gasteiger charge is -2.19. The van der Waals surface area contributed by atoms with E-state index in [0.717, 1.165) is 0 Å². The molecule has 2 aromatic rings. The number of nitrogens with one attached hydrogen (secondary N) is 1. The molecule has 0 unspecified atom stereocenters. The molecule has 0 spiro atoms. The van der Waals surface area contributed by atoms with Gasteiger partial charge in [-0.2, -0.15) is 4.98 Å². The van der Waals surface area contributed by atoms with E-state index in [1.54, 1.807) is 22.1 Å². The first kappa shape index (κ1) is 16.4. The van der Waals surface area contributed by atoms with Crippen LogP contribution in [0.25, 0.3) is 0 Å². The lowest BCUT2D eigenvalue weighted by molar-refractivity contribution is -0.118. The van der Waals surface area contributed by atoms with Crippen molar-refractivity contribution in [2.45, 2.75) is 0 Å². The number of amides is 1. The highest BCUT2D eigenvalue weighted by atomic mass is 16.5. The van der Waals surface area contributed by atoms with Gasteiger partial charge in [0.2, 0.25) is 5.95 Å². The molecule has 0 bridgehead atoms. The highest BCUT2D eigenvalue weighted by molar-refractivity contribution is 5.94. The summed E-state index contributed by atoms with van der Waals surface area (Å²) in [5.41, 5.74) is 0.503. The van der Waals surface area contributed by atoms with Crippen molar-refractivity contribution in [2.24, 2.45) is 0 Å². The van der Waals surface area contributed by atoms with Crippen LogP contribution in [0.15, 0.2) is 24.7 Å². The number of hydrogen-bond donors (Lipinski definition) is 1. The van der Waals surface area contributed by atoms with Gasteiger partial charge in [0.25, 0.3) is 5.91 Å². The molecule has 2 rings (SSSR count). The smallest absolute Gasteiger partial charge is 0.316 e. The molecule has 0 saturated carbocycles. The minimum Gasteiger partial charge on any atom is -0.453 e. The predicted octanol–water partition coefficient (Wildman–Crippen LogP) is 0.416. The van der Waals surface area contributed by atoms with Crippen molar-refractivity contribution in [3.63, 3.8) is 0 Å². The maximum absolute atomic E-state index is 12.0. The van der Waals surface area contributed by atoms with E-state index in [2.05, 4.69) is 25.3 Å². The highest BCUT2D eigenvalue weighted by Crippen LogP contribution is 2.22. The third-order valence-electron chi connectivity index (χ3n) is 2.73. The van der Waals surface area contributed by atoms with Gasteiger partial charge in [-0.05, 0) is 6.07 Å². The van der Waals surface area contributed by atoms with Gasteiger partial charge >= 0.3 is 6.01 Å². The molecule has 0 aromatic carbocycles. The van der Waals surface area contributed by atoms with E-state index in [9.17, 15) is 4.79 Å². The second kappa shape index (κ2) is 7.34. The summed E-state index contributed by atoms with van der Waals surface area (Å²) in [6, 6.07) is 1.81. The average molecular weight is 317 g/mol. The topological polar surface area (TPSA) is 96.4 Å². The van der Waals surface area contributed by atoms with Gasteiger partial charge in [-0.25, -0.2) is 15.0 Å². The number of aromatic nitrogens is 4. The van der Waals surface area contributed by atoms with E-state index in [1.165, 1.54) is 12.4 Å². The lowest BCUT2D eigenvalue weighted by Crippen LogP contribution is -2.24. The number of hydrogen-bond acceptors (Lipinski definition) is 8. The normalized spacial score (nSPS) is 10.1. The summed E-state index contributed by atoms with van der Waals surface area (Å²) in [6.07, 6.45) is 4.64. The Morgan fingerprint density at radius 2 is 1.83 bits per heavy atom. The van der Waals surface area contributed by atoms with Crippen LogP contribution in [0, 0.1) is 0 Å². The largest absolute Gasteiger partial charge is 0.453 e. The summed E-state index contributed by atoms with van der Waals surface area (Å²) >= 11 is 0. The summed E-state index contributed by atoms with van der Waals surface area (Å²) < 4.78 is 5.21. The van der Waals surface area contributed by atoms with E-state index in [0.29, 0.717) is 17.5 Å². The van der Waals surface area contributed by atoms with E-state index < -0.39 is 0 Å². The zero-order valence-corrected chi connectivity index (χ0v) is 13.5. The third-order valence-corrected chi connectivity index (χ3v) is 2.73. The molecule has 2 heterocycles. The molecule has 0 radical (unpaired) electrons. The van der Waals surface area contributed by atoms with Gasteiger partial charge in [0.15, 0.2) is 12.4 Å². The summed E-state index contributed by atoms with van der Waals surface area (Å²) in [6.45, 7) is -0.202. The average Bonchev–Trinajstić information content (AvgIpc) is 2.54. The van der Waals surface area contributed by atoms with Gasteiger partial charge in [-0.3, -0.25) is 4.79 Å².